The van der Waals surface area contributed by atoms with Gasteiger partial charge in [-0.25, -0.2) is 4.39 Å². The predicted octanol–water partition coefficient (Wildman–Crippen LogP) is 4.23. The summed E-state index contributed by atoms with van der Waals surface area (Å²) in [5, 5.41) is 11.0. The molecule has 0 aliphatic rings. The number of alkyl halides is 4. The van der Waals surface area contributed by atoms with Crippen LogP contribution in [0.25, 0.3) is 0 Å². The second-order valence-corrected chi connectivity index (χ2v) is 6.42. The van der Waals surface area contributed by atoms with Crippen LogP contribution in [0.15, 0.2) is 28.7 Å². The molecule has 0 amide bonds. The molecular weight excluding hydrogens is 370 g/mol. The van der Waals surface area contributed by atoms with Gasteiger partial charge in [0.25, 0.3) is 0 Å². The maximum atomic E-state index is 13.6. The molecule has 0 heterocycles. The van der Waals surface area contributed by atoms with Crippen LogP contribution in [0.1, 0.15) is 31.9 Å². The Balaban J connectivity index is 3.07. The van der Waals surface area contributed by atoms with Crippen LogP contribution >= 0.6 is 15.9 Å². The standard InChI is InChI=1S/C14H16BrF4NO2/c1-13(2,16)7-10(12(21)22)20-11(14(17,18)19)8-3-5-9(15)6-4-8/h3-6,10-11,20H,7H2,1-2H3,(H,21,22)/t10-,11-/m0/s1. The van der Waals surface area contributed by atoms with E-state index in [0.717, 1.165) is 13.8 Å². The van der Waals surface area contributed by atoms with Crippen molar-refractivity contribution in [3.05, 3.63) is 34.3 Å². The first-order valence-corrected chi connectivity index (χ1v) is 7.19. The molecule has 0 fully saturated rings. The fourth-order valence-electron chi connectivity index (χ4n) is 1.94. The van der Waals surface area contributed by atoms with Crippen LogP contribution in [0.5, 0.6) is 0 Å². The number of aliphatic carboxylic acids is 1. The average Bonchev–Trinajstić information content (AvgIpc) is 2.32. The van der Waals surface area contributed by atoms with E-state index in [1.807, 2.05) is 5.32 Å². The molecule has 1 aromatic rings. The van der Waals surface area contributed by atoms with E-state index in [2.05, 4.69) is 15.9 Å². The Morgan fingerprint density at radius 2 is 1.73 bits per heavy atom. The van der Waals surface area contributed by atoms with Crippen LogP contribution in [0.3, 0.4) is 0 Å². The third-order valence-electron chi connectivity index (χ3n) is 2.89. The van der Waals surface area contributed by atoms with E-state index in [0.29, 0.717) is 4.47 Å². The minimum Gasteiger partial charge on any atom is -0.480 e. The summed E-state index contributed by atoms with van der Waals surface area (Å²) < 4.78 is 53.8. The molecule has 1 aromatic carbocycles. The van der Waals surface area contributed by atoms with E-state index < -0.39 is 36.3 Å². The summed E-state index contributed by atoms with van der Waals surface area (Å²) in [7, 11) is 0. The van der Waals surface area contributed by atoms with Crippen LogP contribution in [-0.4, -0.2) is 29.0 Å². The van der Waals surface area contributed by atoms with E-state index in [-0.39, 0.29) is 5.56 Å². The number of carbonyl (C=O) groups is 1. The van der Waals surface area contributed by atoms with Crippen LogP contribution < -0.4 is 5.32 Å². The number of nitrogens with one attached hydrogen (secondary N) is 1. The van der Waals surface area contributed by atoms with E-state index in [4.69, 9.17) is 5.11 Å². The van der Waals surface area contributed by atoms with Crippen LogP contribution in [0.4, 0.5) is 17.6 Å². The number of rotatable bonds is 6. The molecule has 0 saturated heterocycles. The molecule has 0 aliphatic carbocycles. The molecule has 8 heteroatoms. The Morgan fingerprint density at radius 3 is 2.09 bits per heavy atom. The Morgan fingerprint density at radius 1 is 1.23 bits per heavy atom. The lowest BCUT2D eigenvalue weighted by atomic mass is 9.98. The monoisotopic (exact) mass is 385 g/mol. The Labute approximate surface area is 133 Å². The van der Waals surface area contributed by atoms with Gasteiger partial charge in [-0.15, -0.1) is 0 Å². The van der Waals surface area contributed by atoms with Crippen molar-refractivity contribution in [1.29, 1.82) is 0 Å². The first-order chi connectivity index (χ1) is 9.90. The van der Waals surface area contributed by atoms with Gasteiger partial charge < -0.3 is 5.11 Å². The van der Waals surface area contributed by atoms with E-state index in [1.165, 1.54) is 24.3 Å². The quantitative estimate of drug-likeness (QED) is 0.720. The van der Waals surface area contributed by atoms with Crippen molar-refractivity contribution in [3.63, 3.8) is 0 Å². The fourth-order valence-corrected chi connectivity index (χ4v) is 2.20. The zero-order valence-electron chi connectivity index (χ0n) is 11.9. The smallest absolute Gasteiger partial charge is 0.407 e. The molecule has 0 radical (unpaired) electrons. The highest BCUT2D eigenvalue weighted by Crippen LogP contribution is 2.34. The third kappa shape index (κ3) is 5.92. The van der Waals surface area contributed by atoms with Gasteiger partial charge >= 0.3 is 12.1 Å². The zero-order chi connectivity index (χ0) is 17.1. The molecule has 2 N–H and O–H groups in total. The van der Waals surface area contributed by atoms with Gasteiger partial charge in [-0.05, 0) is 31.5 Å². The van der Waals surface area contributed by atoms with Crippen LogP contribution in [0.2, 0.25) is 0 Å². The van der Waals surface area contributed by atoms with Crippen molar-refractivity contribution in [2.75, 3.05) is 0 Å². The molecule has 0 unspecified atom stereocenters. The van der Waals surface area contributed by atoms with Gasteiger partial charge in [0.15, 0.2) is 0 Å². The number of halogens is 5. The minimum absolute atomic E-state index is 0.140. The fraction of sp³-hybridized carbons (Fsp3) is 0.500. The highest BCUT2D eigenvalue weighted by molar-refractivity contribution is 9.10. The van der Waals surface area contributed by atoms with Gasteiger partial charge in [-0.2, -0.15) is 13.2 Å². The lowest BCUT2D eigenvalue weighted by molar-refractivity contribution is -0.164. The molecule has 3 nitrogen and oxygen atoms in total. The Kier molecular flexibility index (Phi) is 5.97. The summed E-state index contributed by atoms with van der Waals surface area (Å²) in [5.41, 5.74) is -2.05. The SMILES string of the molecule is CC(C)(F)C[C@H](N[C@@H](c1ccc(Br)cc1)C(F)(F)F)C(=O)O. The van der Waals surface area contributed by atoms with Gasteiger partial charge in [-0.3, -0.25) is 10.1 Å². The maximum absolute atomic E-state index is 13.6. The molecule has 22 heavy (non-hydrogen) atoms. The molecule has 1 rings (SSSR count). The number of benzene rings is 1. The summed E-state index contributed by atoms with van der Waals surface area (Å²) in [6.07, 6.45) is -5.28. The van der Waals surface area contributed by atoms with Gasteiger partial charge in [0.1, 0.15) is 17.8 Å². The van der Waals surface area contributed by atoms with Crippen LogP contribution in [0, 0.1) is 0 Å². The summed E-state index contributed by atoms with van der Waals surface area (Å²) in [4.78, 5) is 11.1. The van der Waals surface area contributed by atoms with Gasteiger partial charge in [0, 0.05) is 10.9 Å². The second-order valence-electron chi connectivity index (χ2n) is 5.51. The molecule has 124 valence electrons. The summed E-state index contributed by atoms with van der Waals surface area (Å²) in [6, 6.07) is 1.46. The van der Waals surface area contributed by atoms with E-state index >= 15 is 0 Å². The molecule has 0 saturated carbocycles. The summed E-state index contributed by atoms with van der Waals surface area (Å²) in [6.45, 7) is 2.24. The normalized spacial score (nSPS) is 15.4. The second kappa shape index (κ2) is 6.95. The van der Waals surface area contributed by atoms with Crippen molar-refractivity contribution in [1.82, 2.24) is 5.32 Å². The first-order valence-electron chi connectivity index (χ1n) is 6.40. The average molecular weight is 386 g/mol. The highest BCUT2D eigenvalue weighted by atomic mass is 79.9. The van der Waals surface area contributed by atoms with Crippen molar-refractivity contribution in [3.8, 4) is 0 Å². The van der Waals surface area contributed by atoms with Crippen molar-refractivity contribution < 1.29 is 27.5 Å². The topological polar surface area (TPSA) is 49.3 Å². The molecule has 0 bridgehead atoms. The largest absolute Gasteiger partial charge is 0.480 e. The van der Waals surface area contributed by atoms with Crippen molar-refractivity contribution >= 4 is 21.9 Å². The van der Waals surface area contributed by atoms with E-state index in [9.17, 15) is 22.4 Å². The van der Waals surface area contributed by atoms with Crippen molar-refractivity contribution in [2.45, 2.75) is 44.2 Å². The number of carboxylic acid groups (broad SMARTS) is 1. The minimum atomic E-state index is -4.71. The highest BCUT2D eigenvalue weighted by Gasteiger charge is 2.43. The first kappa shape index (κ1) is 18.9. The molecule has 0 spiro atoms. The number of hydrogen-bond donors (Lipinski definition) is 2. The third-order valence-corrected chi connectivity index (χ3v) is 3.41. The predicted molar refractivity (Wildman–Crippen MR) is 77.3 cm³/mol. The van der Waals surface area contributed by atoms with Crippen LogP contribution in [-0.2, 0) is 4.79 Å². The lowest BCUT2D eigenvalue weighted by Crippen LogP contribution is -2.47. The van der Waals surface area contributed by atoms with Gasteiger partial charge in [0.2, 0.25) is 0 Å². The Hall–Kier alpha value is -1.15. The molecule has 2 atom stereocenters. The van der Waals surface area contributed by atoms with Gasteiger partial charge in [0.05, 0.1) is 0 Å². The molecule has 0 aliphatic heterocycles. The maximum Gasteiger partial charge on any atom is 0.407 e. The molecule has 0 aromatic heterocycles. The van der Waals surface area contributed by atoms with Crippen molar-refractivity contribution in [2.24, 2.45) is 0 Å². The lowest BCUT2D eigenvalue weighted by Gasteiger charge is -2.28. The number of hydrogen-bond acceptors (Lipinski definition) is 2. The van der Waals surface area contributed by atoms with Gasteiger partial charge in [-0.1, -0.05) is 28.1 Å². The zero-order valence-corrected chi connectivity index (χ0v) is 13.5. The van der Waals surface area contributed by atoms with E-state index in [1.54, 1.807) is 0 Å². The summed E-state index contributed by atoms with van der Waals surface area (Å²) >= 11 is 3.11. The number of carboxylic acids is 1. The Bertz CT molecular complexity index is 511. The summed E-state index contributed by atoms with van der Waals surface area (Å²) in [5.74, 6) is -1.53. The molecular formula is C14H16BrF4NO2.